The molecule has 0 aromatic heterocycles. The van der Waals surface area contributed by atoms with Crippen LogP contribution in [0.25, 0.3) is 43.8 Å². The Hall–Kier alpha value is -5.05. The van der Waals surface area contributed by atoms with E-state index in [0.717, 1.165) is 50.5 Å². The van der Waals surface area contributed by atoms with E-state index in [4.69, 9.17) is 21.1 Å². The highest BCUT2D eigenvalue weighted by Crippen LogP contribution is 2.45. The Bertz CT molecular complexity index is 1960. The molecule has 0 heterocycles. The molecule has 0 saturated carbocycles. The minimum absolute atomic E-state index is 0.704. The van der Waals surface area contributed by atoms with Gasteiger partial charge in [-0.25, -0.2) is 0 Å². The van der Waals surface area contributed by atoms with Crippen molar-refractivity contribution in [3.63, 3.8) is 0 Å². The molecule has 41 heavy (non-hydrogen) atoms. The van der Waals surface area contributed by atoms with Crippen molar-refractivity contribution in [1.29, 1.82) is 0 Å². The highest BCUT2D eigenvalue weighted by atomic mass is 35.5. The number of rotatable bonds is 6. The SMILES string of the molecule is Clc1ccc2c(-c3ccc(Oc4ccccc4)cc3)c3ccccc3c(-c3ccc(Oc4ccccc4)cc3)c2c1. The van der Waals surface area contributed by atoms with Crippen LogP contribution in [-0.4, -0.2) is 0 Å². The molecule has 0 spiro atoms. The highest BCUT2D eigenvalue weighted by Gasteiger charge is 2.17. The minimum atomic E-state index is 0.704. The molecule has 3 heteroatoms. The summed E-state index contributed by atoms with van der Waals surface area (Å²) in [6.45, 7) is 0. The van der Waals surface area contributed by atoms with E-state index in [-0.39, 0.29) is 0 Å². The highest BCUT2D eigenvalue weighted by molar-refractivity contribution is 6.32. The third-order valence-electron chi connectivity index (χ3n) is 7.23. The summed E-state index contributed by atoms with van der Waals surface area (Å²) in [7, 11) is 0. The van der Waals surface area contributed by atoms with Crippen molar-refractivity contribution in [2.45, 2.75) is 0 Å². The summed E-state index contributed by atoms with van der Waals surface area (Å²) in [6, 6.07) is 51.0. The van der Waals surface area contributed by atoms with Crippen LogP contribution < -0.4 is 9.47 Å². The molecule has 0 N–H and O–H groups in total. The lowest BCUT2D eigenvalue weighted by Gasteiger charge is -2.18. The lowest BCUT2D eigenvalue weighted by atomic mass is 9.86. The second-order valence-electron chi connectivity index (χ2n) is 9.86. The first kappa shape index (κ1) is 25.0. The van der Waals surface area contributed by atoms with Gasteiger partial charge in [-0.2, -0.15) is 0 Å². The van der Waals surface area contributed by atoms with Crippen molar-refractivity contribution < 1.29 is 9.47 Å². The molecule has 0 aliphatic rings. The third kappa shape index (κ3) is 5.02. The number of benzene rings is 7. The molecule has 0 fully saturated rings. The number of fused-ring (bicyclic) bond motifs is 2. The van der Waals surface area contributed by atoms with Gasteiger partial charge in [-0.1, -0.05) is 103 Å². The quantitative estimate of drug-likeness (QED) is 0.192. The summed E-state index contributed by atoms with van der Waals surface area (Å²) in [4.78, 5) is 0. The lowest BCUT2D eigenvalue weighted by Crippen LogP contribution is -1.91. The summed E-state index contributed by atoms with van der Waals surface area (Å²) in [5.41, 5.74) is 4.54. The number of ether oxygens (including phenoxy) is 2. The predicted octanol–water partition coefficient (Wildman–Crippen LogP) is 11.6. The first-order chi connectivity index (χ1) is 20.2. The van der Waals surface area contributed by atoms with Crippen LogP contribution in [0.1, 0.15) is 0 Å². The van der Waals surface area contributed by atoms with Gasteiger partial charge in [0.05, 0.1) is 0 Å². The van der Waals surface area contributed by atoms with Crippen molar-refractivity contribution in [2.75, 3.05) is 0 Å². The standard InChI is InChI=1S/C38H25ClO2/c39-28-19-24-35-36(25-28)38(27-17-22-32(23-18-27)41-30-11-5-2-6-12-30)34-14-8-7-13-33(34)37(35)26-15-20-31(21-16-26)40-29-9-3-1-4-10-29/h1-25H. The van der Waals surface area contributed by atoms with Gasteiger partial charge in [0.1, 0.15) is 23.0 Å². The first-order valence-corrected chi connectivity index (χ1v) is 13.9. The van der Waals surface area contributed by atoms with E-state index in [1.807, 2.05) is 91.0 Å². The van der Waals surface area contributed by atoms with Crippen LogP contribution in [0, 0.1) is 0 Å². The third-order valence-corrected chi connectivity index (χ3v) is 7.46. The lowest BCUT2D eigenvalue weighted by molar-refractivity contribution is 0.482. The maximum atomic E-state index is 6.60. The van der Waals surface area contributed by atoms with Gasteiger partial charge in [-0.3, -0.25) is 0 Å². The fraction of sp³-hybridized carbons (Fsp3) is 0. The zero-order valence-electron chi connectivity index (χ0n) is 22.1. The predicted molar refractivity (Wildman–Crippen MR) is 170 cm³/mol. The van der Waals surface area contributed by atoms with Gasteiger partial charge in [-0.05, 0) is 104 Å². The van der Waals surface area contributed by atoms with Crippen molar-refractivity contribution >= 4 is 33.1 Å². The smallest absolute Gasteiger partial charge is 0.127 e. The van der Waals surface area contributed by atoms with E-state index in [9.17, 15) is 0 Å². The number of para-hydroxylation sites is 2. The maximum absolute atomic E-state index is 6.60. The van der Waals surface area contributed by atoms with Crippen molar-refractivity contribution in [2.24, 2.45) is 0 Å². The molecule has 0 radical (unpaired) electrons. The first-order valence-electron chi connectivity index (χ1n) is 13.5. The summed E-state index contributed by atoms with van der Waals surface area (Å²) in [5.74, 6) is 3.22. The summed E-state index contributed by atoms with van der Waals surface area (Å²) in [5, 5.41) is 5.30. The molecule has 0 saturated heterocycles. The zero-order chi connectivity index (χ0) is 27.6. The Labute approximate surface area is 244 Å². The summed E-state index contributed by atoms with van der Waals surface area (Å²) in [6.07, 6.45) is 0. The van der Waals surface area contributed by atoms with E-state index in [1.165, 1.54) is 16.3 Å². The largest absolute Gasteiger partial charge is 0.457 e. The number of hydrogen-bond acceptors (Lipinski definition) is 2. The van der Waals surface area contributed by atoms with Gasteiger partial charge in [0.25, 0.3) is 0 Å². The van der Waals surface area contributed by atoms with E-state index in [2.05, 4.69) is 60.7 Å². The van der Waals surface area contributed by atoms with Crippen LogP contribution in [-0.2, 0) is 0 Å². The van der Waals surface area contributed by atoms with Gasteiger partial charge in [0.2, 0.25) is 0 Å². The van der Waals surface area contributed by atoms with E-state index in [1.54, 1.807) is 0 Å². The van der Waals surface area contributed by atoms with Crippen molar-refractivity contribution in [3.05, 3.63) is 157 Å². The molecular weight excluding hydrogens is 524 g/mol. The van der Waals surface area contributed by atoms with Crippen molar-refractivity contribution in [1.82, 2.24) is 0 Å². The Morgan fingerprint density at radius 2 is 0.732 bits per heavy atom. The Morgan fingerprint density at radius 1 is 0.341 bits per heavy atom. The van der Waals surface area contributed by atoms with Crippen LogP contribution in [0.2, 0.25) is 5.02 Å². The topological polar surface area (TPSA) is 18.5 Å². The Balaban J connectivity index is 1.35. The molecule has 0 bridgehead atoms. The zero-order valence-corrected chi connectivity index (χ0v) is 22.9. The summed E-state index contributed by atoms with van der Waals surface area (Å²) < 4.78 is 12.1. The molecule has 0 aliphatic heterocycles. The average Bonchev–Trinajstić information content (AvgIpc) is 3.02. The van der Waals surface area contributed by atoms with Gasteiger partial charge in [-0.15, -0.1) is 0 Å². The molecular formula is C38H25ClO2. The molecule has 0 unspecified atom stereocenters. The molecule has 7 aromatic rings. The van der Waals surface area contributed by atoms with Crippen LogP contribution in [0.5, 0.6) is 23.0 Å². The van der Waals surface area contributed by atoms with Gasteiger partial charge in [0, 0.05) is 5.02 Å². The normalized spacial score (nSPS) is 11.0. The summed E-state index contributed by atoms with van der Waals surface area (Å²) >= 11 is 6.60. The van der Waals surface area contributed by atoms with E-state index < -0.39 is 0 Å². The average molecular weight is 549 g/mol. The van der Waals surface area contributed by atoms with Gasteiger partial charge >= 0.3 is 0 Å². The molecule has 0 atom stereocenters. The molecule has 196 valence electrons. The van der Waals surface area contributed by atoms with Crippen LogP contribution in [0.15, 0.2) is 152 Å². The maximum Gasteiger partial charge on any atom is 0.127 e. The second-order valence-corrected chi connectivity index (χ2v) is 10.3. The van der Waals surface area contributed by atoms with Gasteiger partial charge in [0.15, 0.2) is 0 Å². The van der Waals surface area contributed by atoms with Crippen LogP contribution >= 0.6 is 11.6 Å². The molecule has 2 nitrogen and oxygen atoms in total. The molecule has 0 aliphatic carbocycles. The molecule has 7 aromatic carbocycles. The minimum Gasteiger partial charge on any atom is -0.457 e. The molecule has 0 amide bonds. The molecule has 7 rings (SSSR count). The van der Waals surface area contributed by atoms with Gasteiger partial charge < -0.3 is 9.47 Å². The Morgan fingerprint density at radius 3 is 1.22 bits per heavy atom. The van der Waals surface area contributed by atoms with Crippen LogP contribution in [0.4, 0.5) is 0 Å². The Kier molecular flexibility index (Phi) is 6.60. The number of halogens is 1. The number of hydrogen-bond donors (Lipinski definition) is 0. The fourth-order valence-corrected chi connectivity index (χ4v) is 5.57. The van der Waals surface area contributed by atoms with Crippen molar-refractivity contribution in [3.8, 4) is 45.3 Å². The van der Waals surface area contributed by atoms with E-state index in [0.29, 0.717) is 5.02 Å². The monoisotopic (exact) mass is 548 g/mol. The second kappa shape index (κ2) is 10.8. The van der Waals surface area contributed by atoms with E-state index >= 15 is 0 Å². The fourth-order valence-electron chi connectivity index (χ4n) is 5.40. The van der Waals surface area contributed by atoms with Crippen LogP contribution in [0.3, 0.4) is 0 Å².